The van der Waals surface area contributed by atoms with E-state index in [-0.39, 0.29) is 35.6 Å². The first-order valence-corrected chi connectivity index (χ1v) is 11.3. The SMILES string of the molecule is COCOc1ccc2c(c1-c1ccc(CC(NC(=O)c3c(Cl)cccc3Cl)C(=O)O)cc1)OCO2. The molecule has 1 aliphatic heterocycles. The Kier molecular flexibility index (Phi) is 7.65. The molecule has 0 fully saturated rings. The Morgan fingerprint density at radius 1 is 1.06 bits per heavy atom. The number of carboxylic acid groups (broad SMARTS) is 1. The predicted octanol–water partition coefficient (Wildman–Crippen LogP) is 4.80. The molecule has 1 amide bonds. The van der Waals surface area contributed by atoms with E-state index in [1.165, 1.54) is 19.2 Å². The van der Waals surface area contributed by atoms with Gasteiger partial charge >= 0.3 is 5.97 Å². The molecule has 1 atom stereocenters. The first-order chi connectivity index (χ1) is 16.9. The monoisotopic (exact) mass is 517 g/mol. The summed E-state index contributed by atoms with van der Waals surface area (Å²) in [5.41, 5.74) is 2.19. The van der Waals surface area contributed by atoms with Crippen molar-refractivity contribution in [1.82, 2.24) is 5.32 Å². The molecule has 0 aromatic heterocycles. The molecule has 1 unspecified atom stereocenters. The molecule has 10 heteroatoms. The van der Waals surface area contributed by atoms with Gasteiger partial charge in [0.25, 0.3) is 5.91 Å². The third-order valence-corrected chi connectivity index (χ3v) is 5.94. The molecule has 182 valence electrons. The van der Waals surface area contributed by atoms with Crippen LogP contribution in [0.4, 0.5) is 0 Å². The fourth-order valence-electron chi connectivity index (χ4n) is 3.66. The minimum Gasteiger partial charge on any atom is -0.480 e. The average Bonchev–Trinajstić information content (AvgIpc) is 3.31. The highest BCUT2D eigenvalue weighted by Crippen LogP contribution is 2.47. The molecule has 0 bridgehead atoms. The zero-order valence-electron chi connectivity index (χ0n) is 18.5. The van der Waals surface area contributed by atoms with E-state index >= 15 is 0 Å². The first-order valence-electron chi connectivity index (χ1n) is 10.5. The second-order valence-corrected chi connectivity index (χ2v) is 8.40. The Morgan fingerprint density at radius 2 is 1.77 bits per heavy atom. The van der Waals surface area contributed by atoms with E-state index in [1.54, 1.807) is 30.3 Å². The summed E-state index contributed by atoms with van der Waals surface area (Å²) < 4.78 is 21.8. The molecule has 0 saturated carbocycles. The Bertz CT molecular complexity index is 1230. The second kappa shape index (κ2) is 10.9. The lowest BCUT2D eigenvalue weighted by molar-refractivity contribution is -0.139. The number of methoxy groups -OCH3 is 1. The number of ether oxygens (including phenoxy) is 4. The minimum absolute atomic E-state index is 0.0289. The van der Waals surface area contributed by atoms with Crippen LogP contribution in [-0.2, 0) is 16.0 Å². The summed E-state index contributed by atoms with van der Waals surface area (Å²) in [5, 5.41) is 12.5. The van der Waals surface area contributed by atoms with Crippen LogP contribution in [0, 0.1) is 0 Å². The van der Waals surface area contributed by atoms with Crippen molar-refractivity contribution in [2.24, 2.45) is 0 Å². The van der Waals surface area contributed by atoms with Crippen molar-refractivity contribution in [2.45, 2.75) is 12.5 Å². The van der Waals surface area contributed by atoms with Crippen molar-refractivity contribution in [3.63, 3.8) is 0 Å². The van der Waals surface area contributed by atoms with Crippen molar-refractivity contribution in [1.29, 1.82) is 0 Å². The number of rotatable bonds is 9. The molecule has 4 rings (SSSR count). The Balaban J connectivity index is 1.55. The van der Waals surface area contributed by atoms with Gasteiger partial charge in [-0.2, -0.15) is 0 Å². The highest BCUT2D eigenvalue weighted by atomic mass is 35.5. The maximum Gasteiger partial charge on any atom is 0.326 e. The van der Waals surface area contributed by atoms with Crippen molar-refractivity contribution in [3.05, 3.63) is 75.8 Å². The van der Waals surface area contributed by atoms with Crippen LogP contribution < -0.4 is 19.5 Å². The number of halogens is 2. The van der Waals surface area contributed by atoms with Gasteiger partial charge in [-0.3, -0.25) is 4.79 Å². The average molecular weight is 518 g/mol. The number of carbonyl (C=O) groups excluding carboxylic acids is 1. The molecule has 3 aromatic rings. The summed E-state index contributed by atoms with van der Waals surface area (Å²) in [5.74, 6) is -0.149. The van der Waals surface area contributed by atoms with Crippen LogP contribution in [0.2, 0.25) is 10.0 Å². The van der Waals surface area contributed by atoms with E-state index in [0.29, 0.717) is 28.4 Å². The van der Waals surface area contributed by atoms with Crippen molar-refractivity contribution >= 4 is 35.1 Å². The molecule has 1 aliphatic rings. The van der Waals surface area contributed by atoms with Gasteiger partial charge in [0.1, 0.15) is 11.8 Å². The number of carbonyl (C=O) groups is 2. The van der Waals surface area contributed by atoms with E-state index < -0.39 is 17.9 Å². The van der Waals surface area contributed by atoms with E-state index in [4.69, 9.17) is 42.1 Å². The molecular weight excluding hydrogens is 497 g/mol. The van der Waals surface area contributed by atoms with Gasteiger partial charge in [-0.1, -0.05) is 53.5 Å². The summed E-state index contributed by atoms with van der Waals surface area (Å²) in [7, 11) is 1.53. The number of amides is 1. The van der Waals surface area contributed by atoms with E-state index in [9.17, 15) is 14.7 Å². The first kappa shape index (κ1) is 24.7. The number of aliphatic carboxylic acids is 1. The van der Waals surface area contributed by atoms with Crippen molar-refractivity contribution in [3.8, 4) is 28.4 Å². The summed E-state index contributed by atoms with van der Waals surface area (Å²) in [6.45, 7) is 0.156. The van der Waals surface area contributed by atoms with E-state index in [0.717, 1.165) is 5.56 Å². The molecule has 0 saturated heterocycles. The van der Waals surface area contributed by atoms with Gasteiger partial charge in [0.05, 0.1) is 21.2 Å². The van der Waals surface area contributed by atoms with Crippen LogP contribution in [0.5, 0.6) is 17.2 Å². The number of nitrogens with one attached hydrogen (secondary N) is 1. The van der Waals surface area contributed by atoms with Gasteiger partial charge in [0.15, 0.2) is 18.3 Å². The van der Waals surface area contributed by atoms with Gasteiger partial charge in [-0.15, -0.1) is 0 Å². The zero-order valence-corrected chi connectivity index (χ0v) is 20.1. The number of hydrogen-bond acceptors (Lipinski definition) is 6. The molecule has 3 aromatic carbocycles. The lowest BCUT2D eigenvalue weighted by atomic mass is 9.99. The van der Waals surface area contributed by atoms with Crippen LogP contribution in [0.25, 0.3) is 11.1 Å². The molecule has 8 nitrogen and oxygen atoms in total. The predicted molar refractivity (Wildman–Crippen MR) is 130 cm³/mol. The van der Waals surface area contributed by atoms with Gasteiger partial charge in [0.2, 0.25) is 6.79 Å². The number of benzene rings is 3. The molecule has 0 radical (unpaired) electrons. The maximum atomic E-state index is 12.7. The summed E-state index contributed by atoms with van der Waals surface area (Å²) in [6.07, 6.45) is 0.0446. The standard InChI is InChI=1S/C25H21Cl2NO7/c1-32-12-33-19-9-10-20-23(35-13-34-20)21(19)15-7-5-14(6-8-15)11-18(25(30)31)28-24(29)22-16(26)3-2-4-17(22)27/h2-10,18H,11-13H2,1H3,(H,28,29)(H,30,31). The largest absolute Gasteiger partial charge is 0.480 e. The fourth-order valence-corrected chi connectivity index (χ4v) is 4.23. The third-order valence-electron chi connectivity index (χ3n) is 5.31. The highest BCUT2D eigenvalue weighted by Gasteiger charge is 2.25. The lowest BCUT2D eigenvalue weighted by Gasteiger charge is -2.17. The summed E-state index contributed by atoms with van der Waals surface area (Å²) >= 11 is 12.2. The van der Waals surface area contributed by atoms with Gasteiger partial charge in [0, 0.05) is 13.5 Å². The summed E-state index contributed by atoms with van der Waals surface area (Å²) in [4.78, 5) is 24.5. The minimum atomic E-state index is -1.20. The number of fused-ring (bicyclic) bond motifs is 1. The van der Waals surface area contributed by atoms with Crippen molar-refractivity contribution in [2.75, 3.05) is 20.7 Å². The molecule has 0 aliphatic carbocycles. The molecule has 35 heavy (non-hydrogen) atoms. The van der Waals surface area contributed by atoms with Crippen LogP contribution in [0.1, 0.15) is 15.9 Å². The normalized spacial score (nSPS) is 12.8. The van der Waals surface area contributed by atoms with Gasteiger partial charge in [-0.05, 0) is 35.4 Å². The molecule has 1 heterocycles. The number of hydrogen-bond donors (Lipinski definition) is 2. The maximum absolute atomic E-state index is 12.7. The van der Waals surface area contributed by atoms with Crippen LogP contribution in [0.15, 0.2) is 54.6 Å². The van der Waals surface area contributed by atoms with Gasteiger partial charge in [-0.25, -0.2) is 4.79 Å². The lowest BCUT2D eigenvalue weighted by Crippen LogP contribution is -2.42. The van der Waals surface area contributed by atoms with Crippen LogP contribution >= 0.6 is 23.2 Å². The van der Waals surface area contributed by atoms with Crippen LogP contribution in [0.3, 0.4) is 0 Å². The van der Waals surface area contributed by atoms with Gasteiger partial charge < -0.3 is 29.4 Å². The Morgan fingerprint density at radius 3 is 2.43 bits per heavy atom. The quantitative estimate of drug-likeness (QED) is 0.393. The Labute approximate surface area is 211 Å². The molecular formula is C25H21Cl2NO7. The zero-order chi connectivity index (χ0) is 24.9. The summed E-state index contributed by atoms with van der Waals surface area (Å²) in [6, 6.07) is 14.1. The Hall–Kier alpha value is -3.46. The molecule has 2 N–H and O–H groups in total. The third kappa shape index (κ3) is 5.45. The van der Waals surface area contributed by atoms with Crippen molar-refractivity contribution < 1.29 is 33.6 Å². The number of carboxylic acids is 1. The second-order valence-electron chi connectivity index (χ2n) is 7.59. The fraction of sp³-hybridized carbons (Fsp3) is 0.200. The van der Waals surface area contributed by atoms with E-state index in [2.05, 4.69) is 5.32 Å². The van der Waals surface area contributed by atoms with Crippen LogP contribution in [-0.4, -0.2) is 43.7 Å². The van der Waals surface area contributed by atoms with E-state index in [1.807, 2.05) is 12.1 Å². The topological polar surface area (TPSA) is 103 Å². The molecule has 0 spiro atoms. The highest BCUT2D eigenvalue weighted by molar-refractivity contribution is 6.39. The smallest absolute Gasteiger partial charge is 0.326 e.